The van der Waals surface area contributed by atoms with Gasteiger partial charge in [0.15, 0.2) is 0 Å². The molecule has 10 aromatic carbocycles. The largest absolute Gasteiger partial charge is 0.497 e. The Bertz CT molecular complexity index is 4510. The molecular formula is C71H58N8O. The third kappa shape index (κ3) is 9.18. The number of benzene rings is 10. The second-order valence-corrected chi connectivity index (χ2v) is 21.0. The summed E-state index contributed by atoms with van der Waals surface area (Å²) in [5.74, 6) is 4.48. The molecule has 0 aliphatic heterocycles. The Morgan fingerprint density at radius 1 is 0.325 bits per heavy atom. The van der Waals surface area contributed by atoms with E-state index in [0.717, 1.165) is 101 Å². The Morgan fingerprint density at radius 2 is 0.675 bits per heavy atom. The molecule has 4 heterocycles. The average molecular weight is 1040 g/mol. The Labute approximate surface area is 464 Å². The molecule has 15 rings (SSSR count). The summed E-state index contributed by atoms with van der Waals surface area (Å²) in [6, 6.07) is 77.3. The molecule has 9 nitrogen and oxygen atoms in total. The van der Waals surface area contributed by atoms with Gasteiger partial charge in [0, 0.05) is 16.7 Å². The van der Waals surface area contributed by atoms with Gasteiger partial charge in [-0.2, -0.15) is 0 Å². The van der Waals surface area contributed by atoms with Crippen LogP contribution in [-0.2, 0) is 5.41 Å². The van der Waals surface area contributed by atoms with Gasteiger partial charge < -0.3 is 24.7 Å². The van der Waals surface area contributed by atoms with E-state index in [1.54, 1.807) is 7.11 Å². The zero-order valence-electron chi connectivity index (χ0n) is 45.5. The highest BCUT2D eigenvalue weighted by atomic mass is 16.5. The van der Waals surface area contributed by atoms with Crippen LogP contribution < -0.4 is 4.74 Å². The predicted octanol–water partition coefficient (Wildman–Crippen LogP) is 17.1. The van der Waals surface area contributed by atoms with E-state index in [2.05, 4.69) is 246 Å². The number of hydrogen-bond acceptors (Lipinski definition) is 5. The number of fused-ring (bicyclic) bond motifs is 7. The standard InChI is InChI=1S/C34H26N2.C22H18N4.C15H14N2O/c1-22-11-16-25(17-12-22)34(29-9-5-3-7-27(29)28-8-4-6-10-30(28)34)26-18-14-24(15-19-26)33-35-31-20-13-23(2)21-32(31)36-33;1-13-3-5-15(6-4-13)22-25-19-10-8-17(12-21(19)26-22)16-7-9-18-20(11-16)24-14(2)23-18;1-10-3-8-13-14(9-10)17-15(16-13)11-4-6-12(18-2)7-5-11/h3-21H,1-2H3,(H,35,36);3-12H,1-2H3,(H,23,24)(H,25,26);3-9H,1-2H3,(H,16,17). The van der Waals surface area contributed by atoms with Crippen LogP contribution in [0.1, 0.15) is 50.3 Å². The number of aromatic amines is 4. The molecule has 0 atom stereocenters. The Balaban J connectivity index is 0.000000120. The van der Waals surface area contributed by atoms with Crippen LogP contribution >= 0.6 is 0 Å². The van der Waals surface area contributed by atoms with Crippen LogP contribution in [0.5, 0.6) is 5.75 Å². The summed E-state index contributed by atoms with van der Waals surface area (Å²) in [5.41, 5.74) is 26.2. The molecule has 0 bridgehead atoms. The van der Waals surface area contributed by atoms with Crippen molar-refractivity contribution in [1.82, 2.24) is 39.9 Å². The highest BCUT2D eigenvalue weighted by Gasteiger charge is 2.45. The number of aromatic nitrogens is 8. The summed E-state index contributed by atoms with van der Waals surface area (Å²) in [6.45, 7) is 10.4. The second-order valence-electron chi connectivity index (χ2n) is 21.0. The van der Waals surface area contributed by atoms with Crippen LogP contribution in [-0.4, -0.2) is 47.0 Å². The minimum Gasteiger partial charge on any atom is -0.497 e. The average Bonchev–Trinajstić information content (AvgIpc) is 3.62. The Kier molecular flexibility index (Phi) is 12.6. The van der Waals surface area contributed by atoms with Crippen molar-refractivity contribution in [2.24, 2.45) is 0 Å². The highest BCUT2D eigenvalue weighted by molar-refractivity contribution is 5.89. The van der Waals surface area contributed by atoms with Gasteiger partial charge in [-0.3, -0.25) is 0 Å². The summed E-state index contributed by atoms with van der Waals surface area (Å²) in [7, 11) is 1.67. The van der Waals surface area contributed by atoms with E-state index >= 15 is 0 Å². The first-order valence-electron chi connectivity index (χ1n) is 27.0. The van der Waals surface area contributed by atoms with Gasteiger partial charge in [0.25, 0.3) is 0 Å². The third-order valence-electron chi connectivity index (χ3n) is 15.4. The van der Waals surface area contributed by atoms with Gasteiger partial charge in [0.2, 0.25) is 0 Å². The lowest BCUT2D eigenvalue weighted by atomic mass is 9.67. The van der Waals surface area contributed by atoms with Crippen molar-refractivity contribution in [2.45, 2.75) is 40.0 Å². The van der Waals surface area contributed by atoms with Gasteiger partial charge in [0.05, 0.1) is 56.7 Å². The van der Waals surface area contributed by atoms with Crippen molar-refractivity contribution < 1.29 is 4.74 Å². The zero-order chi connectivity index (χ0) is 54.5. The summed E-state index contributed by atoms with van der Waals surface area (Å²) in [5, 5.41) is 0. The molecule has 0 saturated carbocycles. The van der Waals surface area contributed by atoms with Crippen LogP contribution in [0.15, 0.2) is 218 Å². The van der Waals surface area contributed by atoms with Gasteiger partial charge >= 0.3 is 0 Å². The number of ether oxygens (including phenoxy) is 1. The first-order valence-corrected chi connectivity index (χ1v) is 27.0. The second kappa shape index (κ2) is 20.4. The van der Waals surface area contributed by atoms with Gasteiger partial charge in [-0.25, -0.2) is 19.9 Å². The lowest BCUT2D eigenvalue weighted by Gasteiger charge is -2.34. The molecule has 4 N–H and O–H groups in total. The van der Waals surface area contributed by atoms with E-state index in [1.165, 1.54) is 55.6 Å². The molecule has 80 heavy (non-hydrogen) atoms. The van der Waals surface area contributed by atoms with Crippen LogP contribution in [0.2, 0.25) is 0 Å². The topological polar surface area (TPSA) is 124 Å². The van der Waals surface area contributed by atoms with Gasteiger partial charge in [-0.15, -0.1) is 0 Å². The SMILES string of the molecule is COc1ccc(-c2nc3ccc(C)cc3[nH]2)cc1.Cc1ccc(-c2nc3ccc(-c4ccc5nc(C)[nH]c5c4)cc3[nH]2)cc1.Cc1ccc(C2(c3ccc(-c4nc5ccc(C)cc5[nH]4)cc3)c3ccccc3-c3ccccc32)cc1. The van der Waals surface area contributed by atoms with Gasteiger partial charge in [-0.1, -0.05) is 157 Å². The van der Waals surface area contributed by atoms with Crippen molar-refractivity contribution >= 4 is 44.1 Å². The maximum Gasteiger partial charge on any atom is 0.138 e. The number of aryl methyl sites for hydroxylation is 5. The van der Waals surface area contributed by atoms with Crippen LogP contribution in [0.4, 0.5) is 0 Å². The summed E-state index contributed by atoms with van der Waals surface area (Å²) >= 11 is 0. The lowest BCUT2D eigenvalue weighted by Crippen LogP contribution is -2.28. The van der Waals surface area contributed by atoms with E-state index in [-0.39, 0.29) is 5.41 Å². The van der Waals surface area contributed by atoms with E-state index in [4.69, 9.17) is 14.7 Å². The molecule has 0 amide bonds. The number of hydrogen-bond donors (Lipinski definition) is 4. The minimum absolute atomic E-state index is 0.371. The number of rotatable bonds is 7. The monoisotopic (exact) mass is 1040 g/mol. The normalized spacial score (nSPS) is 12.2. The molecule has 388 valence electrons. The molecule has 0 unspecified atom stereocenters. The fraction of sp³-hybridized carbons (Fsp3) is 0.0986. The molecule has 0 radical (unpaired) electrons. The van der Waals surface area contributed by atoms with Crippen molar-refractivity contribution in [2.75, 3.05) is 7.11 Å². The smallest absolute Gasteiger partial charge is 0.138 e. The summed E-state index contributed by atoms with van der Waals surface area (Å²) in [6.07, 6.45) is 0. The molecule has 1 aliphatic rings. The summed E-state index contributed by atoms with van der Waals surface area (Å²) < 4.78 is 5.15. The van der Waals surface area contributed by atoms with Crippen molar-refractivity contribution in [1.29, 1.82) is 0 Å². The maximum absolute atomic E-state index is 5.15. The Hall–Kier alpha value is -10.1. The van der Waals surface area contributed by atoms with E-state index < -0.39 is 0 Å². The first-order chi connectivity index (χ1) is 39.1. The molecule has 9 heteroatoms. The molecule has 0 saturated heterocycles. The van der Waals surface area contributed by atoms with E-state index in [1.807, 2.05) is 37.3 Å². The summed E-state index contributed by atoms with van der Waals surface area (Å²) in [4.78, 5) is 32.2. The maximum atomic E-state index is 5.15. The van der Waals surface area contributed by atoms with Crippen molar-refractivity contribution in [3.63, 3.8) is 0 Å². The van der Waals surface area contributed by atoms with Gasteiger partial charge in [-0.05, 0) is 163 Å². The van der Waals surface area contributed by atoms with E-state index in [9.17, 15) is 0 Å². The molecule has 0 spiro atoms. The fourth-order valence-electron chi connectivity index (χ4n) is 11.3. The number of H-pyrrole nitrogens is 4. The first kappa shape index (κ1) is 49.5. The number of imidazole rings is 4. The molecule has 0 fully saturated rings. The molecule has 4 aromatic heterocycles. The number of methoxy groups -OCH3 is 1. The quantitative estimate of drug-likeness (QED) is 0.127. The van der Waals surface area contributed by atoms with Crippen molar-refractivity contribution in [3.8, 4) is 62.2 Å². The molecular weight excluding hydrogens is 981 g/mol. The van der Waals surface area contributed by atoms with Crippen molar-refractivity contribution in [3.05, 3.63) is 269 Å². The zero-order valence-corrected chi connectivity index (χ0v) is 45.5. The van der Waals surface area contributed by atoms with Crippen LogP contribution in [0.3, 0.4) is 0 Å². The third-order valence-corrected chi connectivity index (χ3v) is 15.4. The lowest BCUT2D eigenvalue weighted by molar-refractivity contribution is 0.415. The van der Waals surface area contributed by atoms with Crippen LogP contribution in [0.25, 0.3) is 101 Å². The number of nitrogens with zero attached hydrogens (tertiary/aromatic N) is 4. The Morgan fingerprint density at radius 3 is 1.15 bits per heavy atom. The predicted molar refractivity (Wildman–Crippen MR) is 327 cm³/mol. The number of nitrogens with one attached hydrogen (secondary N) is 4. The molecule has 14 aromatic rings. The van der Waals surface area contributed by atoms with Gasteiger partial charge in [0.1, 0.15) is 29.0 Å². The van der Waals surface area contributed by atoms with Crippen LogP contribution in [0, 0.1) is 34.6 Å². The fourth-order valence-corrected chi connectivity index (χ4v) is 11.3. The van der Waals surface area contributed by atoms with E-state index in [0.29, 0.717) is 0 Å². The minimum atomic E-state index is -0.371. The highest BCUT2D eigenvalue weighted by Crippen LogP contribution is 2.56. The molecule has 1 aliphatic carbocycles.